The third-order valence-corrected chi connectivity index (χ3v) is 4.15. The number of carbonyl (C=O) groups excluding carboxylic acids is 1. The summed E-state index contributed by atoms with van der Waals surface area (Å²) in [7, 11) is 0. The highest BCUT2D eigenvalue weighted by Crippen LogP contribution is 2.31. The van der Waals surface area contributed by atoms with E-state index >= 15 is 0 Å². The summed E-state index contributed by atoms with van der Waals surface area (Å²) >= 11 is 0. The van der Waals surface area contributed by atoms with E-state index < -0.39 is 5.60 Å². The van der Waals surface area contributed by atoms with Gasteiger partial charge in [-0.1, -0.05) is 0 Å². The summed E-state index contributed by atoms with van der Waals surface area (Å²) in [4.78, 5) is 14.0. The molecule has 3 rings (SSSR count). The number of anilines is 2. The van der Waals surface area contributed by atoms with E-state index in [0.717, 1.165) is 43.8 Å². The zero-order valence-corrected chi connectivity index (χ0v) is 14.2. The summed E-state index contributed by atoms with van der Waals surface area (Å²) < 4.78 is 11.1. The molecule has 5 heteroatoms. The summed E-state index contributed by atoms with van der Waals surface area (Å²) in [5.74, 6) is 0. The maximum atomic E-state index is 12.3. The second kappa shape index (κ2) is 6.40. The standard InChI is InChI=1S/C18H26N2O3/c1-18(2,3)23-17(21)20-9-8-13-11-14(6-7-16(13)20)19-12-15-5-4-10-22-15/h6-7,11,15,19H,4-5,8-10,12H2,1-3H3. The number of fused-ring (bicyclic) bond motifs is 1. The first kappa shape index (κ1) is 16.1. The normalized spacial score (nSPS) is 20.5. The highest BCUT2D eigenvalue weighted by atomic mass is 16.6. The molecule has 1 unspecified atom stereocenters. The minimum Gasteiger partial charge on any atom is -0.443 e. The maximum Gasteiger partial charge on any atom is 0.414 e. The summed E-state index contributed by atoms with van der Waals surface area (Å²) in [5.41, 5.74) is 2.77. The zero-order valence-electron chi connectivity index (χ0n) is 14.2. The highest BCUT2D eigenvalue weighted by Gasteiger charge is 2.29. The summed E-state index contributed by atoms with van der Waals surface area (Å²) in [6, 6.07) is 6.16. The van der Waals surface area contributed by atoms with Gasteiger partial charge in [0.15, 0.2) is 0 Å². The average molecular weight is 318 g/mol. The lowest BCUT2D eigenvalue weighted by Crippen LogP contribution is -2.35. The number of carbonyl (C=O) groups is 1. The fourth-order valence-corrected chi connectivity index (χ4v) is 3.06. The van der Waals surface area contributed by atoms with Crippen LogP contribution in [-0.2, 0) is 15.9 Å². The fourth-order valence-electron chi connectivity index (χ4n) is 3.06. The molecule has 2 aliphatic rings. The smallest absolute Gasteiger partial charge is 0.414 e. The van der Waals surface area contributed by atoms with Gasteiger partial charge in [-0.05, 0) is 63.8 Å². The van der Waals surface area contributed by atoms with Crippen molar-refractivity contribution in [2.75, 3.05) is 29.9 Å². The number of rotatable bonds is 3. The van der Waals surface area contributed by atoms with Crippen LogP contribution in [0.15, 0.2) is 18.2 Å². The van der Waals surface area contributed by atoms with Crippen molar-refractivity contribution in [2.24, 2.45) is 0 Å². The van der Waals surface area contributed by atoms with Crippen LogP contribution in [0.4, 0.5) is 16.2 Å². The molecular formula is C18H26N2O3. The Kier molecular flexibility index (Phi) is 4.48. The van der Waals surface area contributed by atoms with Gasteiger partial charge in [0.25, 0.3) is 0 Å². The van der Waals surface area contributed by atoms with Gasteiger partial charge in [-0.25, -0.2) is 4.79 Å². The van der Waals surface area contributed by atoms with Crippen LogP contribution in [0.3, 0.4) is 0 Å². The topological polar surface area (TPSA) is 50.8 Å². The molecule has 1 aromatic rings. The number of amides is 1. The number of nitrogens with zero attached hydrogens (tertiary/aromatic N) is 1. The molecule has 0 aliphatic carbocycles. The second-order valence-corrected chi connectivity index (χ2v) is 7.24. The first-order valence-corrected chi connectivity index (χ1v) is 8.41. The van der Waals surface area contributed by atoms with Gasteiger partial charge in [0.1, 0.15) is 5.60 Å². The van der Waals surface area contributed by atoms with Crippen molar-refractivity contribution in [1.29, 1.82) is 0 Å². The minimum absolute atomic E-state index is 0.267. The Balaban J connectivity index is 1.64. The van der Waals surface area contributed by atoms with Crippen LogP contribution in [0.25, 0.3) is 0 Å². The first-order valence-electron chi connectivity index (χ1n) is 8.41. The SMILES string of the molecule is CC(C)(C)OC(=O)N1CCc2cc(NCC3CCCO3)ccc21. The van der Waals surface area contributed by atoms with Crippen LogP contribution in [0.5, 0.6) is 0 Å². The van der Waals surface area contributed by atoms with Crippen LogP contribution in [0, 0.1) is 0 Å². The van der Waals surface area contributed by atoms with E-state index in [1.54, 1.807) is 4.90 Å². The maximum absolute atomic E-state index is 12.3. The lowest BCUT2D eigenvalue weighted by Gasteiger charge is -2.24. The molecule has 1 N–H and O–H groups in total. The van der Waals surface area contributed by atoms with Gasteiger partial charge in [-0.2, -0.15) is 0 Å². The Bertz CT molecular complexity index is 574. The molecule has 1 aromatic carbocycles. The molecule has 1 saturated heterocycles. The van der Waals surface area contributed by atoms with Crippen LogP contribution in [0.2, 0.25) is 0 Å². The highest BCUT2D eigenvalue weighted by molar-refractivity contribution is 5.91. The molecule has 1 atom stereocenters. The van der Waals surface area contributed by atoms with E-state index in [0.29, 0.717) is 12.6 Å². The molecule has 2 aliphatic heterocycles. The largest absolute Gasteiger partial charge is 0.443 e. The lowest BCUT2D eigenvalue weighted by atomic mass is 10.1. The molecule has 0 radical (unpaired) electrons. The number of hydrogen-bond donors (Lipinski definition) is 1. The van der Waals surface area contributed by atoms with Gasteiger partial charge in [0.2, 0.25) is 0 Å². The van der Waals surface area contributed by atoms with Crippen LogP contribution in [0.1, 0.15) is 39.2 Å². The van der Waals surface area contributed by atoms with E-state index in [1.807, 2.05) is 32.9 Å². The molecule has 0 bridgehead atoms. The predicted octanol–water partition coefficient (Wildman–Crippen LogP) is 3.58. The number of hydrogen-bond acceptors (Lipinski definition) is 4. The van der Waals surface area contributed by atoms with E-state index in [4.69, 9.17) is 9.47 Å². The van der Waals surface area contributed by atoms with Gasteiger partial charge < -0.3 is 14.8 Å². The molecule has 1 amide bonds. The van der Waals surface area contributed by atoms with Gasteiger partial charge in [-0.3, -0.25) is 4.90 Å². The zero-order chi connectivity index (χ0) is 16.4. The molecule has 2 heterocycles. The van der Waals surface area contributed by atoms with Crippen molar-refractivity contribution in [3.05, 3.63) is 23.8 Å². The molecule has 126 valence electrons. The van der Waals surface area contributed by atoms with Crippen LogP contribution < -0.4 is 10.2 Å². The van der Waals surface area contributed by atoms with Crippen molar-refractivity contribution in [3.63, 3.8) is 0 Å². The third-order valence-electron chi connectivity index (χ3n) is 4.15. The Morgan fingerprint density at radius 2 is 2.26 bits per heavy atom. The molecular weight excluding hydrogens is 292 g/mol. The molecule has 0 spiro atoms. The van der Waals surface area contributed by atoms with E-state index in [9.17, 15) is 4.79 Å². The summed E-state index contributed by atoms with van der Waals surface area (Å²) in [6.07, 6.45) is 3.20. The Labute approximate surface area is 137 Å². The van der Waals surface area contributed by atoms with Gasteiger partial charge in [0, 0.05) is 25.4 Å². The first-order chi connectivity index (χ1) is 10.9. The molecule has 0 aromatic heterocycles. The van der Waals surface area contributed by atoms with E-state index in [-0.39, 0.29) is 6.09 Å². The van der Waals surface area contributed by atoms with Crippen LogP contribution in [-0.4, -0.2) is 37.5 Å². The monoisotopic (exact) mass is 318 g/mol. The molecule has 0 saturated carbocycles. The van der Waals surface area contributed by atoms with Gasteiger partial charge in [0.05, 0.1) is 11.8 Å². The molecule has 1 fully saturated rings. The Hall–Kier alpha value is -1.75. The minimum atomic E-state index is -0.470. The summed E-state index contributed by atoms with van der Waals surface area (Å²) in [5, 5.41) is 3.44. The average Bonchev–Trinajstić information content (AvgIpc) is 3.12. The van der Waals surface area contributed by atoms with E-state index in [2.05, 4.69) is 11.4 Å². The Morgan fingerprint density at radius 3 is 2.96 bits per heavy atom. The molecule has 5 nitrogen and oxygen atoms in total. The van der Waals surface area contributed by atoms with Gasteiger partial charge in [-0.15, -0.1) is 0 Å². The number of nitrogens with one attached hydrogen (secondary N) is 1. The van der Waals surface area contributed by atoms with Crippen LogP contribution >= 0.6 is 0 Å². The fraction of sp³-hybridized carbons (Fsp3) is 0.611. The van der Waals surface area contributed by atoms with E-state index in [1.165, 1.54) is 5.56 Å². The predicted molar refractivity (Wildman–Crippen MR) is 91.2 cm³/mol. The number of ether oxygens (including phenoxy) is 2. The molecule has 23 heavy (non-hydrogen) atoms. The van der Waals surface area contributed by atoms with Crippen molar-refractivity contribution >= 4 is 17.5 Å². The van der Waals surface area contributed by atoms with Crippen molar-refractivity contribution < 1.29 is 14.3 Å². The van der Waals surface area contributed by atoms with Crippen molar-refractivity contribution in [3.8, 4) is 0 Å². The number of benzene rings is 1. The van der Waals surface area contributed by atoms with Crippen molar-refractivity contribution in [1.82, 2.24) is 0 Å². The second-order valence-electron chi connectivity index (χ2n) is 7.24. The quantitative estimate of drug-likeness (QED) is 0.925. The third kappa shape index (κ3) is 3.96. The summed E-state index contributed by atoms with van der Waals surface area (Å²) in [6.45, 7) is 8.06. The van der Waals surface area contributed by atoms with Crippen molar-refractivity contribution in [2.45, 2.75) is 51.7 Å². The van der Waals surface area contributed by atoms with Gasteiger partial charge >= 0.3 is 6.09 Å². The Morgan fingerprint density at radius 1 is 1.43 bits per heavy atom. The lowest BCUT2D eigenvalue weighted by molar-refractivity contribution is 0.0584.